The maximum absolute atomic E-state index is 13.6. The van der Waals surface area contributed by atoms with E-state index >= 15 is 0 Å². The molecule has 1 amide bonds. The SMILES string of the molecule is O=C(CSC1CCNCC1)Nc1cccc(Cl)c1F. The number of halogens is 2. The van der Waals surface area contributed by atoms with Gasteiger partial charge in [-0.25, -0.2) is 4.39 Å². The number of rotatable bonds is 4. The van der Waals surface area contributed by atoms with Crippen LogP contribution in [0.15, 0.2) is 18.2 Å². The normalized spacial score (nSPS) is 16.3. The van der Waals surface area contributed by atoms with Crippen molar-refractivity contribution in [2.24, 2.45) is 0 Å². The zero-order valence-electron chi connectivity index (χ0n) is 10.4. The topological polar surface area (TPSA) is 41.1 Å². The van der Waals surface area contributed by atoms with E-state index < -0.39 is 5.82 Å². The molecule has 1 fully saturated rings. The molecule has 0 aliphatic carbocycles. The molecule has 0 bridgehead atoms. The van der Waals surface area contributed by atoms with Gasteiger partial charge in [0.1, 0.15) is 0 Å². The van der Waals surface area contributed by atoms with E-state index in [9.17, 15) is 9.18 Å². The lowest BCUT2D eigenvalue weighted by molar-refractivity contribution is -0.113. The molecule has 1 aromatic rings. The average Bonchev–Trinajstić information content (AvgIpc) is 2.43. The number of nitrogens with one attached hydrogen (secondary N) is 2. The lowest BCUT2D eigenvalue weighted by Crippen LogP contribution is -2.30. The maximum atomic E-state index is 13.6. The van der Waals surface area contributed by atoms with Gasteiger partial charge in [-0.3, -0.25) is 4.79 Å². The standard InChI is InChI=1S/C13H16ClFN2OS/c14-10-2-1-3-11(13(10)15)17-12(18)8-19-9-4-6-16-7-5-9/h1-3,9,16H,4-8H2,(H,17,18). The first-order chi connectivity index (χ1) is 9.16. The number of carbonyl (C=O) groups excluding carboxylic acids is 1. The molecule has 0 saturated carbocycles. The zero-order chi connectivity index (χ0) is 13.7. The molecule has 104 valence electrons. The molecule has 2 N–H and O–H groups in total. The van der Waals surface area contributed by atoms with Crippen molar-refractivity contribution >= 4 is 35.0 Å². The van der Waals surface area contributed by atoms with Crippen molar-refractivity contribution in [2.75, 3.05) is 24.2 Å². The van der Waals surface area contributed by atoms with Gasteiger partial charge in [-0.05, 0) is 38.1 Å². The van der Waals surface area contributed by atoms with E-state index in [-0.39, 0.29) is 16.6 Å². The molecular weight excluding hydrogens is 287 g/mol. The molecule has 1 aliphatic rings. The van der Waals surface area contributed by atoms with Crippen molar-refractivity contribution in [1.82, 2.24) is 5.32 Å². The Balaban J connectivity index is 1.82. The molecule has 1 saturated heterocycles. The third kappa shape index (κ3) is 4.37. The van der Waals surface area contributed by atoms with E-state index in [1.165, 1.54) is 12.1 Å². The average molecular weight is 303 g/mol. The zero-order valence-corrected chi connectivity index (χ0v) is 12.0. The Labute approximate surface area is 121 Å². The minimum atomic E-state index is -0.579. The number of piperidine rings is 1. The molecule has 19 heavy (non-hydrogen) atoms. The Hall–Kier alpha value is -0.780. The minimum absolute atomic E-state index is 0.0174. The van der Waals surface area contributed by atoms with Gasteiger partial charge in [0.2, 0.25) is 5.91 Å². The van der Waals surface area contributed by atoms with Gasteiger partial charge in [-0.2, -0.15) is 0 Å². The maximum Gasteiger partial charge on any atom is 0.234 e. The molecule has 0 radical (unpaired) electrons. The van der Waals surface area contributed by atoms with Crippen LogP contribution in [0.2, 0.25) is 5.02 Å². The first kappa shape index (κ1) is 14.6. The fourth-order valence-electron chi connectivity index (χ4n) is 1.94. The lowest BCUT2D eigenvalue weighted by atomic mass is 10.2. The lowest BCUT2D eigenvalue weighted by Gasteiger charge is -2.21. The number of hydrogen-bond donors (Lipinski definition) is 2. The van der Waals surface area contributed by atoms with Crippen molar-refractivity contribution in [2.45, 2.75) is 18.1 Å². The summed E-state index contributed by atoms with van der Waals surface area (Å²) in [5.41, 5.74) is 0.142. The summed E-state index contributed by atoms with van der Waals surface area (Å²) < 4.78 is 13.6. The smallest absolute Gasteiger partial charge is 0.234 e. The van der Waals surface area contributed by atoms with Crippen LogP contribution in [0, 0.1) is 5.82 Å². The summed E-state index contributed by atoms with van der Waals surface area (Å²) in [6, 6.07) is 4.58. The van der Waals surface area contributed by atoms with Crippen LogP contribution < -0.4 is 10.6 Å². The highest BCUT2D eigenvalue weighted by atomic mass is 35.5. The van der Waals surface area contributed by atoms with E-state index in [2.05, 4.69) is 10.6 Å². The summed E-state index contributed by atoms with van der Waals surface area (Å²) in [6.07, 6.45) is 2.15. The number of anilines is 1. The molecule has 0 aromatic heterocycles. The fourth-order valence-corrected chi connectivity index (χ4v) is 3.15. The Bertz CT molecular complexity index is 452. The van der Waals surface area contributed by atoms with Crippen molar-refractivity contribution in [3.05, 3.63) is 29.0 Å². The number of hydrogen-bond acceptors (Lipinski definition) is 3. The third-order valence-corrected chi connectivity index (χ3v) is 4.63. The number of thioether (sulfide) groups is 1. The van der Waals surface area contributed by atoms with Gasteiger partial charge in [-0.15, -0.1) is 11.8 Å². The molecule has 3 nitrogen and oxygen atoms in total. The summed E-state index contributed by atoms with van der Waals surface area (Å²) in [6.45, 7) is 2.00. The quantitative estimate of drug-likeness (QED) is 0.898. The van der Waals surface area contributed by atoms with E-state index in [4.69, 9.17) is 11.6 Å². The molecule has 1 aliphatic heterocycles. The molecule has 2 rings (SSSR count). The molecule has 0 atom stereocenters. The van der Waals surface area contributed by atoms with Crippen LogP contribution >= 0.6 is 23.4 Å². The van der Waals surface area contributed by atoms with E-state index in [0.717, 1.165) is 25.9 Å². The highest BCUT2D eigenvalue weighted by Crippen LogP contribution is 2.23. The number of amides is 1. The van der Waals surface area contributed by atoms with Crippen LogP contribution in [0.1, 0.15) is 12.8 Å². The molecule has 1 aromatic carbocycles. The first-order valence-electron chi connectivity index (χ1n) is 6.23. The van der Waals surface area contributed by atoms with E-state index in [1.807, 2.05) is 0 Å². The summed E-state index contributed by atoms with van der Waals surface area (Å²) in [5.74, 6) is -0.425. The summed E-state index contributed by atoms with van der Waals surface area (Å²) in [7, 11) is 0. The predicted octanol–water partition coefficient (Wildman–Crippen LogP) is 2.90. The Kier molecular flexibility index (Phi) is 5.48. The van der Waals surface area contributed by atoms with Gasteiger partial charge in [0.25, 0.3) is 0 Å². The van der Waals surface area contributed by atoms with Gasteiger partial charge in [0.15, 0.2) is 5.82 Å². The highest BCUT2D eigenvalue weighted by Gasteiger charge is 2.16. The van der Waals surface area contributed by atoms with Gasteiger partial charge in [0, 0.05) is 5.25 Å². The van der Waals surface area contributed by atoms with E-state index in [0.29, 0.717) is 11.0 Å². The number of carbonyl (C=O) groups is 1. The van der Waals surface area contributed by atoms with Gasteiger partial charge >= 0.3 is 0 Å². The van der Waals surface area contributed by atoms with Gasteiger partial charge in [0.05, 0.1) is 16.5 Å². The Morgan fingerprint density at radius 1 is 1.47 bits per heavy atom. The largest absolute Gasteiger partial charge is 0.323 e. The predicted molar refractivity (Wildman–Crippen MR) is 78.4 cm³/mol. The van der Waals surface area contributed by atoms with Crippen LogP contribution in [-0.2, 0) is 4.79 Å². The monoisotopic (exact) mass is 302 g/mol. The molecule has 1 heterocycles. The molecule has 0 spiro atoms. The van der Waals surface area contributed by atoms with Crippen LogP contribution in [-0.4, -0.2) is 30.0 Å². The van der Waals surface area contributed by atoms with Crippen LogP contribution in [0.4, 0.5) is 10.1 Å². The van der Waals surface area contributed by atoms with Crippen LogP contribution in [0.5, 0.6) is 0 Å². The van der Waals surface area contributed by atoms with Gasteiger partial charge in [-0.1, -0.05) is 17.7 Å². The van der Waals surface area contributed by atoms with Crippen molar-refractivity contribution in [1.29, 1.82) is 0 Å². The van der Waals surface area contributed by atoms with Crippen molar-refractivity contribution in [3.63, 3.8) is 0 Å². The fraction of sp³-hybridized carbons (Fsp3) is 0.462. The third-order valence-electron chi connectivity index (χ3n) is 2.96. The summed E-state index contributed by atoms with van der Waals surface area (Å²) in [4.78, 5) is 11.8. The minimum Gasteiger partial charge on any atom is -0.323 e. The van der Waals surface area contributed by atoms with Crippen molar-refractivity contribution in [3.8, 4) is 0 Å². The Morgan fingerprint density at radius 3 is 2.95 bits per heavy atom. The summed E-state index contributed by atoms with van der Waals surface area (Å²) in [5, 5.41) is 6.36. The van der Waals surface area contributed by atoms with Crippen LogP contribution in [0.3, 0.4) is 0 Å². The highest BCUT2D eigenvalue weighted by molar-refractivity contribution is 8.00. The van der Waals surface area contributed by atoms with Crippen molar-refractivity contribution < 1.29 is 9.18 Å². The Morgan fingerprint density at radius 2 is 2.21 bits per heavy atom. The van der Waals surface area contributed by atoms with Crippen LogP contribution in [0.25, 0.3) is 0 Å². The number of benzene rings is 1. The second kappa shape index (κ2) is 7.12. The second-order valence-corrected chi connectivity index (χ2v) is 6.11. The van der Waals surface area contributed by atoms with Gasteiger partial charge < -0.3 is 10.6 Å². The summed E-state index contributed by atoms with van der Waals surface area (Å²) >= 11 is 7.28. The first-order valence-corrected chi connectivity index (χ1v) is 7.65. The van der Waals surface area contributed by atoms with E-state index in [1.54, 1.807) is 17.8 Å². The second-order valence-electron chi connectivity index (χ2n) is 4.41. The molecule has 0 unspecified atom stereocenters. The molecule has 6 heteroatoms. The molecular formula is C13H16ClFN2OS.